The summed E-state index contributed by atoms with van der Waals surface area (Å²) in [5, 5.41) is 7.55. The molecule has 0 spiro atoms. The Bertz CT molecular complexity index is 874. The van der Waals surface area contributed by atoms with E-state index < -0.39 is 28.3 Å². The highest BCUT2D eigenvalue weighted by Crippen LogP contribution is 2.38. The lowest BCUT2D eigenvalue weighted by molar-refractivity contribution is -0.756. The van der Waals surface area contributed by atoms with Crippen LogP contribution in [0.15, 0.2) is 53.0 Å². The van der Waals surface area contributed by atoms with Gasteiger partial charge in [-0.15, -0.1) is 11.3 Å². The standard InChI is InChI=1S/C16H11F4N3OS/c1-23(15(24)21-11-6-3-2-5-10(11)17)12(13-7-4-8-25-13)9-14(22-23)16(18,19)20/h2-9H,1H3/p+1. The number of hydrogen-bond acceptors (Lipinski definition) is 3. The number of benzene rings is 1. The third kappa shape index (κ3) is 3.20. The fourth-order valence-corrected chi connectivity index (χ4v) is 3.16. The van der Waals surface area contributed by atoms with Crippen molar-refractivity contribution < 1.29 is 26.9 Å². The summed E-state index contributed by atoms with van der Waals surface area (Å²) in [6.07, 6.45) is -3.86. The molecule has 0 saturated heterocycles. The Morgan fingerprint density at radius 1 is 1.20 bits per heavy atom. The van der Waals surface area contributed by atoms with E-state index in [0.717, 1.165) is 12.1 Å². The maximum absolute atomic E-state index is 13.7. The van der Waals surface area contributed by atoms with Crippen LogP contribution in [0.1, 0.15) is 4.88 Å². The van der Waals surface area contributed by atoms with Crippen LogP contribution in [0.5, 0.6) is 0 Å². The number of halogens is 4. The number of anilines is 1. The van der Waals surface area contributed by atoms with Gasteiger partial charge in [0.1, 0.15) is 12.9 Å². The highest BCUT2D eigenvalue weighted by atomic mass is 32.1. The van der Waals surface area contributed by atoms with E-state index in [2.05, 4.69) is 10.4 Å². The summed E-state index contributed by atoms with van der Waals surface area (Å²) in [5.74, 6) is -0.691. The first kappa shape index (κ1) is 17.3. The van der Waals surface area contributed by atoms with E-state index in [4.69, 9.17) is 0 Å². The van der Waals surface area contributed by atoms with Gasteiger partial charge in [-0.25, -0.2) is 9.18 Å². The molecule has 0 aliphatic carbocycles. The van der Waals surface area contributed by atoms with Gasteiger partial charge in [-0.2, -0.15) is 13.2 Å². The van der Waals surface area contributed by atoms with E-state index >= 15 is 0 Å². The maximum Gasteiger partial charge on any atom is 0.452 e. The molecule has 0 radical (unpaired) electrons. The number of nitrogens with zero attached hydrogens (tertiary/aromatic N) is 2. The third-order valence-electron chi connectivity index (χ3n) is 3.63. The van der Waals surface area contributed by atoms with Gasteiger partial charge < -0.3 is 0 Å². The van der Waals surface area contributed by atoms with Crippen molar-refractivity contribution in [3.05, 3.63) is 58.5 Å². The average molecular weight is 370 g/mol. The zero-order valence-corrected chi connectivity index (χ0v) is 13.7. The largest absolute Gasteiger partial charge is 0.452 e. The molecule has 1 aromatic carbocycles. The van der Waals surface area contributed by atoms with Crippen LogP contribution >= 0.6 is 11.3 Å². The summed E-state index contributed by atoms with van der Waals surface area (Å²) in [7, 11) is 1.22. The molecule has 1 aromatic heterocycles. The number of carbonyl (C=O) groups excluding carboxylic acids is 1. The summed E-state index contributed by atoms with van der Waals surface area (Å²) in [4.78, 5) is 13.1. The van der Waals surface area contributed by atoms with E-state index in [-0.39, 0.29) is 11.4 Å². The first-order valence-corrected chi connectivity index (χ1v) is 7.96. The van der Waals surface area contributed by atoms with Crippen molar-refractivity contribution in [2.24, 2.45) is 5.10 Å². The number of nitrogens with one attached hydrogen (secondary N) is 1. The lowest BCUT2D eigenvalue weighted by Crippen LogP contribution is -2.44. The number of quaternary nitrogens is 1. The Morgan fingerprint density at radius 3 is 2.52 bits per heavy atom. The van der Waals surface area contributed by atoms with Gasteiger partial charge in [-0.3, -0.25) is 5.32 Å². The van der Waals surface area contributed by atoms with Crippen molar-refractivity contribution >= 4 is 34.5 Å². The molecule has 2 aromatic rings. The molecule has 3 rings (SSSR count). The molecule has 25 heavy (non-hydrogen) atoms. The minimum atomic E-state index is -4.70. The Hall–Kier alpha value is -2.52. The molecule has 1 aliphatic rings. The van der Waals surface area contributed by atoms with Crippen LogP contribution < -0.4 is 5.32 Å². The maximum atomic E-state index is 13.7. The fraction of sp³-hybridized carbons (Fsp3) is 0.125. The van der Waals surface area contributed by atoms with Gasteiger partial charge >= 0.3 is 12.2 Å². The number of amides is 2. The normalized spacial score (nSPS) is 20.2. The van der Waals surface area contributed by atoms with Crippen molar-refractivity contribution in [2.75, 3.05) is 12.4 Å². The zero-order chi connectivity index (χ0) is 18.2. The van der Waals surface area contributed by atoms with E-state index in [9.17, 15) is 22.4 Å². The Morgan fingerprint density at radius 2 is 1.92 bits per heavy atom. The summed E-state index contributed by atoms with van der Waals surface area (Å²) in [6, 6.07) is 7.75. The van der Waals surface area contributed by atoms with Gasteiger partial charge in [0, 0.05) is 6.08 Å². The molecule has 4 nitrogen and oxygen atoms in total. The van der Waals surface area contributed by atoms with Crippen LogP contribution in [0.2, 0.25) is 0 Å². The summed E-state index contributed by atoms with van der Waals surface area (Å²) in [5.41, 5.74) is -1.23. The predicted molar refractivity (Wildman–Crippen MR) is 87.4 cm³/mol. The van der Waals surface area contributed by atoms with Crippen LogP contribution in [0, 0.1) is 5.82 Å². The lowest BCUT2D eigenvalue weighted by atomic mass is 10.2. The smallest absolute Gasteiger partial charge is 0.270 e. The zero-order valence-electron chi connectivity index (χ0n) is 12.8. The number of hydrogen-bond donors (Lipinski definition) is 1. The first-order chi connectivity index (χ1) is 11.7. The Balaban J connectivity index is 2.01. The van der Waals surface area contributed by atoms with Crippen molar-refractivity contribution in [3.8, 4) is 0 Å². The molecule has 130 valence electrons. The highest BCUT2D eigenvalue weighted by Gasteiger charge is 2.50. The van der Waals surface area contributed by atoms with E-state index in [1.54, 1.807) is 17.5 Å². The van der Waals surface area contributed by atoms with E-state index in [1.807, 2.05) is 0 Å². The number of para-hydroxylation sites is 1. The van der Waals surface area contributed by atoms with Gasteiger partial charge in [0.25, 0.3) is 0 Å². The quantitative estimate of drug-likeness (QED) is 0.597. The third-order valence-corrected chi connectivity index (χ3v) is 4.52. The van der Waals surface area contributed by atoms with E-state index in [0.29, 0.717) is 4.88 Å². The van der Waals surface area contributed by atoms with Gasteiger partial charge in [0.15, 0.2) is 5.70 Å². The van der Waals surface area contributed by atoms with Crippen LogP contribution in [-0.4, -0.2) is 29.6 Å². The van der Waals surface area contributed by atoms with Crippen molar-refractivity contribution in [2.45, 2.75) is 6.18 Å². The molecule has 0 fully saturated rings. The summed E-state index contributed by atoms with van der Waals surface area (Å²) in [6.45, 7) is 0. The Kier molecular flexibility index (Phi) is 4.21. The van der Waals surface area contributed by atoms with E-state index in [1.165, 1.54) is 36.6 Å². The predicted octanol–water partition coefficient (Wildman–Crippen LogP) is 4.84. The molecule has 1 atom stereocenters. The second-order valence-electron chi connectivity index (χ2n) is 5.36. The number of carbonyl (C=O) groups is 1. The number of allylic oxidation sites excluding steroid dienone is 1. The van der Waals surface area contributed by atoms with Crippen LogP contribution in [0.4, 0.5) is 28.0 Å². The molecular weight excluding hydrogens is 358 g/mol. The topological polar surface area (TPSA) is 41.5 Å². The highest BCUT2D eigenvalue weighted by molar-refractivity contribution is 7.11. The van der Waals surface area contributed by atoms with Crippen LogP contribution in [-0.2, 0) is 0 Å². The molecule has 1 aliphatic heterocycles. The van der Waals surface area contributed by atoms with Gasteiger partial charge in [0.2, 0.25) is 5.71 Å². The number of thiophene rings is 1. The molecule has 1 N–H and O–H groups in total. The van der Waals surface area contributed by atoms with Crippen molar-refractivity contribution in [3.63, 3.8) is 0 Å². The molecule has 2 amide bonds. The SMILES string of the molecule is C[N+]1(C(=O)Nc2ccccc2F)N=C(C(F)(F)F)C=C1c1cccs1. The van der Waals surface area contributed by atoms with Crippen LogP contribution in [0.25, 0.3) is 5.70 Å². The molecule has 1 unspecified atom stereocenters. The first-order valence-electron chi connectivity index (χ1n) is 7.08. The summed E-state index contributed by atoms with van der Waals surface area (Å²) < 4.78 is 52.0. The van der Waals surface area contributed by atoms with Crippen molar-refractivity contribution in [1.82, 2.24) is 0 Å². The van der Waals surface area contributed by atoms with Gasteiger partial charge in [-0.05, 0) is 23.6 Å². The minimum absolute atomic E-state index is 0.0659. The molecule has 2 heterocycles. The van der Waals surface area contributed by atoms with Crippen molar-refractivity contribution in [1.29, 1.82) is 0 Å². The minimum Gasteiger partial charge on any atom is -0.270 e. The second kappa shape index (κ2) is 6.08. The number of rotatable bonds is 2. The molecule has 0 saturated carbocycles. The monoisotopic (exact) mass is 370 g/mol. The summed E-state index contributed by atoms with van der Waals surface area (Å²) >= 11 is 1.18. The van der Waals surface area contributed by atoms with Crippen LogP contribution in [0.3, 0.4) is 0 Å². The second-order valence-corrected chi connectivity index (χ2v) is 6.31. The average Bonchev–Trinajstić information content (AvgIpc) is 3.16. The fourth-order valence-electron chi connectivity index (χ4n) is 2.34. The Labute approximate surface area is 144 Å². The molecule has 0 bridgehead atoms. The van der Waals surface area contributed by atoms with Gasteiger partial charge in [0.05, 0.1) is 10.6 Å². The lowest BCUT2D eigenvalue weighted by Gasteiger charge is -2.23. The molecule has 9 heteroatoms. The van der Waals surface area contributed by atoms with Gasteiger partial charge in [-0.1, -0.05) is 27.9 Å². The number of alkyl halides is 3. The number of urea groups is 1. The molecular formula is C16H12F4N3OS+.